The summed E-state index contributed by atoms with van der Waals surface area (Å²) in [6.07, 6.45) is 1.90. The second-order valence-electron chi connectivity index (χ2n) is 7.54. The molecule has 3 nitrogen and oxygen atoms in total. The van der Waals surface area contributed by atoms with Gasteiger partial charge in [0, 0.05) is 22.4 Å². The van der Waals surface area contributed by atoms with Gasteiger partial charge in [0.1, 0.15) is 11.6 Å². The minimum Gasteiger partial charge on any atom is -0.322 e. The minimum absolute atomic E-state index is 0.00408. The lowest BCUT2D eigenvalue weighted by atomic mass is 9.91. The zero-order valence-corrected chi connectivity index (χ0v) is 17.9. The van der Waals surface area contributed by atoms with Gasteiger partial charge in [-0.1, -0.05) is 37.3 Å². The van der Waals surface area contributed by atoms with E-state index in [0.717, 1.165) is 37.1 Å². The molecule has 0 unspecified atom stereocenters. The summed E-state index contributed by atoms with van der Waals surface area (Å²) in [6, 6.07) is 13.3. The molecule has 1 atom stereocenters. The Balaban J connectivity index is 1.62. The monoisotopic (exact) mass is 426 g/mol. The number of halogens is 2. The molecule has 0 saturated carbocycles. The first-order valence-corrected chi connectivity index (χ1v) is 10.9. The first-order chi connectivity index (χ1) is 14.5. The highest BCUT2D eigenvalue weighted by Crippen LogP contribution is 2.42. The van der Waals surface area contributed by atoms with Gasteiger partial charge in [-0.15, -0.1) is 11.3 Å². The van der Waals surface area contributed by atoms with Gasteiger partial charge in [-0.25, -0.2) is 8.78 Å². The molecule has 1 N–H and O–H groups in total. The summed E-state index contributed by atoms with van der Waals surface area (Å²) < 4.78 is 27.1. The Morgan fingerprint density at radius 1 is 1.20 bits per heavy atom. The van der Waals surface area contributed by atoms with Crippen LogP contribution in [-0.4, -0.2) is 23.9 Å². The van der Waals surface area contributed by atoms with Gasteiger partial charge in [0.2, 0.25) is 5.91 Å². The molecule has 1 aliphatic rings. The van der Waals surface area contributed by atoms with Crippen molar-refractivity contribution in [2.75, 3.05) is 18.4 Å². The lowest BCUT2D eigenvalue weighted by Gasteiger charge is -2.36. The van der Waals surface area contributed by atoms with Crippen molar-refractivity contribution in [2.45, 2.75) is 32.7 Å². The topological polar surface area (TPSA) is 32.3 Å². The fourth-order valence-corrected chi connectivity index (χ4v) is 5.76. The Morgan fingerprint density at radius 2 is 1.97 bits per heavy atom. The number of hydrogen-bond donors (Lipinski definition) is 1. The van der Waals surface area contributed by atoms with Crippen LogP contribution in [-0.2, 0) is 17.6 Å². The Morgan fingerprint density at radius 3 is 2.67 bits per heavy atom. The maximum absolute atomic E-state index is 13.9. The van der Waals surface area contributed by atoms with Gasteiger partial charge in [-0.05, 0) is 48.6 Å². The first kappa shape index (κ1) is 20.7. The molecule has 1 aliphatic heterocycles. The molecule has 0 radical (unpaired) electrons. The third-order valence-corrected chi connectivity index (χ3v) is 6.88. The number of nitrogens with zero attached hydrogens (tertiary/aromatic N) is 1. The van der Waals surface area contributed by atoms with E-state index in [-0.39, 0.29) is 24.2 Å². The molecule has 4 rings (SSSR count). The fraction of sp³-hybridized carbons (Fsp3) is 0.292. The summed E-state index contributed by atoms with van der Waals surface area (Å²) in [5.41, 5.74) is 3.97. The third-order valence-electron chi connectivity index (χ3n) is 5.63. The van der Waals surface area contributed by atoms with Gasteiger partial charge in [0.25, 0.3) is 0 Å². The number of benzene rings is 2. The first-order valence-electron chi connectivity index (χ1n) is 10.1. The summed E-state index contributed by atoms with van der Waals surface area (Å²) >= 11 is 1.81. The predicted octanol–water partition coefficient (Wildman–Crippen LogP) is 5.48. The van der Waals surface area contributed by atoms with Crippen molar-refractivity contribution in [3.63, 3.8) is 0 Å². The fourth-order valence-electron chi connectivity index (χ4n) is 4.29. The van der Waals surface area contributed by atoms with Crippen LogP contribution in [0.3, 0.4) is 0 Å². The van der Waals surface area contributed by atoms with Crippen LogP contribution in [0.4, 0.5) is 14.5 Å². The molecule has 1 aromatic heterocycles. The number of nitrogens with one attached hydrogen (secondary N) is 1. The Labute approximate surface area is 179 Å². The van der Waals surface area contributed by atoms with Gasteiger partial charge in [-0.3, -0.25) is 9.69 Å². The highest BCUT2D eigenvalue weighted by molar-refractivity contribution is 7.12. The zero-order valence-electron chi connectivity index (χ0n) is 17.0. The lowest BCUT2D eigenvalue weighted by molar-refractivity contribution is -0.117. The SMILES string of the molecule is CCc1c(C)sc2c1CCN(CC(=O)Nc1ccc(F)cc1F)[C@H]2c1ccccc1. The summed E-state index contributed by atoms with van der Waals surface area (Å²) in [7, 11) is 0. The lowest BCUT2D eigenvalue weighted by Crippen LogP contribution is -2.40. The van der Waals surface area contributed by atoms with Crippen LogP contribution >= 0.6 is 11.3 Å². The average molecular weight is 427 g/mol. The molecule has 0 aliphatic carbocycles. The number of amides is 1. The van der Waals surface area contributed by atoms with Crippen LogP contribution < -0.4 is 5.32 Å². The Kier molecular flexibility index (Phi) is 5.97. The largest absolute Gasteiger partial charge is 0.322 e. The van der Waals surface area contributed by atoms with Crippen LogP contribution in [0.15, 0.2) is 48.5 Å². The number of hydrogen-bond acceptors (Lipinski definition) is 3. The number of aryl methyl sites for hydroxylation is 1. The number of anilines is 1. The normalized spacial score (nSPS) is 16.3. The average Bonchev–Trinajstić information content (AvgIpc) is 3.05. The molecule has 3 aromatic rings. The van der Waals surface area contributed by atoms with Crippen molar-refractivity contribution in [3.05, 3.63) is 86.6 Å². The summed E-state index contributed by atoms with van der Waals surface area (Å²) in [5, 5.41) is 2.59. The van der Waals surface area contributed by atoms with E-state index in [0.29, 0.717) is 0 Å². The molecule has 1 amide bonds. The van der Waals surface area contributed by atoms with Gasteiger partial charge in [0.15, 0.2) is 0 Å². The van der Waals surface area contributed by atoms with E-state index in [1.54, 1.807) is 0 Å². The number of thiophene rings is 1. The molecular formula is C24H24F2N2OS. The number of carbonyl (C=O) groups is 1. The van der Waals surface area contributed by atoms with Crippen molar-refractivity contribution >= 4 is 22.9 Å². The van der Waals surface area contributed by atoms with E-state index in [2.05, 4.69) is 36.2 Å². The summed E-state index contributed by atoms with van der Waals surface area (Å²) in [6.45, 7) is 5.23. The second kappa shape index (κ2) is 8.66. The van der Waals surface area contributed by atoms with Crippen molar-refractivity contribution in [2.24, 2.45) is 0 Å². The maximum Gasteiger partial charge on any atom is 0.238 e. The standard InChI is InChI=1S/C24H24F2N2OS/c1-3-18-15(2)30-24-19(18)11-12-28(23(24)16-7-5-4-6-8-16)14-22(29)27-21-10-9-17(25)13-20(21)26/h4-10,13,23H,3,11-12,14H2,1-2H3,(H,27,29)/t23-/m0/s1. The molecule has 0 spiro atoms. The molecule has 0 fully saturated rings. The number of carbonyl (C=O) groups excluding carboxylic acids is 1. The van der Waals surface area contributed by atoms with E-state index in [1.807, 2.05) is 29.5 Å². The molecule has 156 valence electrons. The van der Waals surface area contributed by atoms with E-state index < -0.39 is 11.6 Å². The Hall–Kier alpha value is -2.57. The van der Waals surface area contributed by atoms with Gasteiger partial charge >= 0.3 is 0 Å². The summed E-state index contributed by atoms with van der Waals surface area (Å²) in [4.78, 5) is 17.5. The molecule has 2 heterocycles. The van der Waals surface area contributed by atoms with Gasteiger partial charge in [-0.2, -0.15) is 0 Å². The number of rotatable bonds is 5. The predicted molar refractivity (Wildman–Crippen MR) is 117 cm³/mol. The highest BCUT2D eigenvalue weighted by atomic mass is 32.1. The van der Waals surface area contributed by atoms with E-state index in [9.17, 15) is 13.6 Å². The number of fused-ring (bicyclic) bond motifs is 1. The van der Waals surface area contributed by atoms with Crippen molar-refractivity contribution in [3.8, 4) is 0 Å². The molecular weight excluding hydrogens is 402 g/mol. The third kappa shape index (κ3) is 4.02. The van der Waals surface area contributed by atoms with Crippen LogP contribution in [0.25, 0.3) is 0 Å². The molecule has 0 bridgehead atoms. The highest BCUT2D eigenvalue weighted by Gasteiger charge is 2.33. The maximum atomic E-state index is 13.9. The Bertz CT molecular complexity index is 1060. The quantitative estimate of drug-likeness (QED) is 0.586. The molecule has 0 saturated heterocycles. The van der Waals surface area contributed by atoms with Crippen LogP contribution in [0.1, 0.15) is 39.4 Å². The van der Waals surface area contributed by atoms with Crippen molar-refractivity contribution in [1.29, 1.82) is 0 Å². The molecule has 2 aromatic carbocycles. The minimum atomic E-state index is -0.773. The second-order valence-corrected chi connectivity index (χ2v) is 8.80. The zero-order chi connectivity index (χ0) is 21.3. The smallest absolute Gasteiger partial charge is 0.238 e. The van der Waals surface area contributed by atoms with E-state index in [4.69, 9.17) is 0 Å². The molecule has 30 heavy (non-hydrogen) atoms. The van der Waals surface area contributed by atoms with Crippen LogP contribution in [0, 0.1) is 18.6 Å². The van der Waals surface area contributed by atoms with Crippen molar-refractivity contribution in [1.82, 2.24) is 4.90 Å². The van der Waals surface area contributed by atoms with E-state index in [1.165, 1.54) is 26.9 Å². The van der Waals surface area contributed by atoms with Gasteiger partial charge in [0.05, 0.1) is 18.3 Å². The van der Waals surface area contributed by atoms with Crippen LogP contribution in [0.2, 0.25) is 0 Å². The summed E-state index contributed by atoms with van der Waals surface area (Å²) in [5.74, 6) is -1.75. The van der Waals surface area contributed by atoms with Crippen molar-refractivity contribution < 1.29 is 13.6 Å². The molecule has 6 heteroatoms. The van der Waals surface area contributed by atoms with Crippen LogP contribution in [0.5, 0.6) is 0 Å². The van der Waals surface area contributed by atoms with Gasteiger partial charge < -0.3 is 5.32 Å². The van der Waals surface area contributed by atoms with E-state index >= 15 is 0 Å².